The Morgan fingerprint density at radius 1 is 1.30 bits per heavy atom. The zero-order valence-corrected chi connectivity index (χ0v) is 13.5. The van der Waals surface area contributed by atoms with Crippen LogP contribution in [-0.2, 0) is 4.79 Å². The van der Waals surface area contributed by atoms with Crippen molar-refractivity contribution in [3.8, 4) is 5.75 Å². The Labute approximate surface area is 136 Å². The lowest BCUT2D eigenvalue weighted by Crippen LogP contribution is -2.30. The minimum absolute atomic E-state index is 0.264. The number of nitrogens with zero attached hydrogens (tertiary/aromatic N) is 1. The number of anilines is 1. The van der Waals surface area contributed by atoms with E-state index in [0.29, 0.717) is 15.6 Å². The molecule has 0 aliphatic heterocycles. The minimum atomic E-state index is -0.686. The second-order valence-corrected chi connectivity index (χ2v) is 6.20. The molecule has 118 valence electrons. The fourth-order valence-electron chi connectivity index (χ4n) is 2.12. The van der Waals surface area contributed by atoms with Crippen molar-refractivity contribution < 1.29 is 13.9 Å². The summed E-state index contributed by atoms with van der Waals surface area (Å²) < 4.78 is 19.9. The Bertz CT molecular complexity index is 863. The lowest BCUT2D eigenvalue weighted by molar-refractivity contribution is -0.122. The molecule has 1 unspecified atom stereocenters. The number of rotatable bonds is 4. The summed E-state index contributed by atoms with van der Waals surface area (Å²) in [6, 6.07) is 12.2. The highest BCUT2D eigenvalue weighted by atomic mass is 32.1. The first kappa shape index (κ1) is 15.4. The Balaban J connectivity index is 1.71. The van der Waals surface area contributed by atoms with Gasteiger partial charge >= 0.3 is 0 Å². The van der Waals surface area contributed by atoms with Crippen molar-refractivity contribution in [1.82, 2.24) is 4.98 Å². The third-order valence-electron chi connectivity index (χ3n) is 3.27. The zero-order chi connectivity index (χ0) is 16.4. The number of amides is 1. The van der Waals surface area contributed by atoms with Gasteiger partial charge in [0, 0.05) is 0 Å². The first-order chi connectivity index (χ1) is 11.0. The standard InChI is InChI=1S/C17H15FN2O2S/c1-10-5-3-6-12(9-10)22-11(2)16(21)20-17-19-15-13(18)7-4-8-14(15)23-17/h3-9,11H,1-2H3,(H,19,20,21). The predicted octanol–water partition coefficient (Wildman–Crippen LogP) is 4.15. The largest absolute Gasteiger partial charge is 0.481 e. The molecule has 0 saturated carbocycles. The third-order valence-corrected chi connectivity index (χ3v) is 4.21. The molecule has 0 aliphatic rings. The summed E-state index contributed by atoms with van der Waals surface area (Å²) in [6.45, 7) is 3.61. The van der Waals surface area contributed by atoms with Crippen molar-refractivity contribution in [2.24, 2.45) is 0 Å². The predicted molar refractivity (Wildman–Crippen MR) is 89.5 cm³/mol. The molecule has 3 aromatic rings. The van der Waals surface area contributed by atoms with E-state index in [-0.39, 0.29) is 11.4 Å². The normalized spacial score (nSPS) is 12.1. The van der Waals surface area contributed by atoms with Gasteiger partial charge in [0.2, 0.25) is 0 Å². The summed E-state index contributed by atoms with van der Waals surface area (Å²) in [4.78, 5) is 16.3. The first-order valence-corrected chi connectivity index (χ1v) is 7.94. The Morgan fingerprint density at radius 3 is 2.83 bits per heavy atom. The second kappa shape index (κ2) is 6.34. The molecule has 1 amide bonds. The van der Waals surface area contributed by atoms with Gasteiger partial charge < -0.3 is 4.74 Å². The average molecular weight is 330 g/mol. The summed E-state index contributed by atoms with van der Waals surface area (Å²) in [6.07, 6.45) is -0.686. The van der Waals surface area contributed by atoms with Gasteiger partial charge in [0.1, 0.15) is 17.1 Å². The number of hydrogen-bond acceptors (Lipinski definition) is 4. The fourth-order valence-corrected chi connectivity index (χ4v) is 3.01. The topological polar surface area (TPSA) is 51.2 Å². The third kappa shape index (κ3) is 3.48. The van der Waals surface area contributed by atoms with Crippen molar-refractivity contribution in [3.05, 3.63) is 53.8 Å². The van der Waals surface area contributed by atoms with Crippen LogP contribution < -0.4 is 10.1 Å². The van der Waals surface area contributed by atoms with E-state index in [4.69, 9.17) is 4.74 Å². The number of benzene rings is 2. The molecule has 1 atom stereocenters. The van der Waals surface area contributed by atoms with Crippen LogP contribution in [0, 0.1) is 12.7 Å². The molecule has 0 saturated heterocycles. The Hall–Kier alpha value is -2.47. The SMILES string of the molecule is Cc1cccc(OC(C)C(=O)Nc2nc3c(F)cccc3s2)c1. The van der Waals surface area contributed by atoms with Crippen LogP contribution in [0.2, 0.25) is 0 Å². The van der Waals surface area contributed by atoms with Crippen LogP contribution in [0.25, 0.3) is 10.2 Å². The van der Waals surface area contributed by atoms with Crippen molar-refractivity contribution in [2.75, 3.05) is 5.32 Å². The zero-order valence-electron chi connectivity index (χ0n) is 12.7. The fraction of sp³-hybridized carbons (Fsp3) is 0.176. The van der Waals surface area contributed by atoms with Crippen LogP contribution in [0.4, 0.5) is 9.52 Å². The van der Waals surface area contributed by atoms with Crippen LogP contribution in [-0.4, -0.2) is 17.0 Å². The molecule has 4 nitrogen and oxygen atoms in total. The van der Waals surface area contributed by atoms with Crippen molar-refractivity contribution in [1.29, 1.82) is 0 Å². The van der Waals surface area contributed by atoms with Crippen LogP contribution in [0.5, 0.6) is 5.75 Å². The quantitative estimate of drug-likeness (QED) is 0.782. The van der Waals surface area contributed by atoms with E-state index < -0.39 is 11.9 Å². The first-order valence-electron chi connectivity index (χ1n) is 7.12. The van der Waals surface area contributed by atoms with E-state index in [9.17, 15) is 9.18 Å². The number of para-hydroxylation sites is 1. The Morgan fingerprint density at radius 2 is 2.09 bits per heavy atom. The van der Waals surface area contributed by atoms with Crippen LogP contribution in [0.3, 0.4) is 0 Å². The molecule has 0 spiro atoms. The maximum atomic E-state index is 13.6. The molecule has 0 fully saturated rings. The maximum Gasteiger partial charge on any atom is 0.266 e. The van der Waals surface area contributed by atoms with Gasteiger partial charge in [-0.25, -0.2) is 9.37 Å². The van der Waals surface area contributed by atoms with Gasteiger partial charge in [-0.15, -0.1) is 0 Å². The highest BCUT2D eigenvalue weighted by molar-refractivity contribution is 7.22. The molecule has 2 aromatic carbocycles. The van der Waals surface area contributed by atoms with Crippen molar-refractivity contribution in [3.63, 3.8) is 0 Å². The molecule has 0 radical (unpaired) electrons. The molecular weight excluding hydrogens is 315 g/mol. The molecule has 0 aliphatic carbocycles. The monoisotopic (exact) mass is 330 g/mol. The number of aromatic nitrogens is 1. The summed E-state index contributed by atoms with van der Waals surface area (Å²) in [5, 5.41) is 3.03. The molecule has 0 bridgehead atoms. The van der Waals surface area contributed by atoms with E-state index in [0.717, 1.165) is 5.56 Å². The molecular formula is C17H15FN2O2S. The Kier molecular flexibility index (Phi) is 4.25. The summed E-state index contributed by atoms with van der Waals surface area (Å²) in [5.41, 5.74) is 1.32. The molecule has 3 rings (SSSR count). The van der Waals surface area contributed by atoms with E-state index in [1.807, 2.05) is 25.1 Å². The van der Waals surface area contributed by atoms with Crippen molar-refractivity contribution in [2.45, 2.75) is 20.0 Å². The van der Waals surface area contributed by atoms with Gasteiger partial charge in [-0.3, -0.25) is 10.1 Å². The van der Waals surface area contributed by atoms with Gasteiger partial charge in [0.15, 0.2) is 11.2 Å². The van der Waals surface area contributed by atoms with Gasteiger partial charge in [0.25, 0.3) is 5.91 Å². The van der Waals surface area contributed by atoms with Gasteiger partial charge in [-0.1, -0.05) is 29.5 Å². The van der Waals surface area contributed by atoms with Gasteiger partial charge in [-0.2, -0.15) is 0 Å². The number of halogens is 1. The number of ether oxygens (including phenoxy) is 1. The molecule has 6 heteroatoms. The second-order valence-electron chi connectivity index (χ2n) is 5.17. The number of aryl methyl sites for hydroxylation is 1. The van der Waals surface area contributed by atoms with Gasteiger partial charge in [-0.05, 0) is 43.7 Å². The van der Waals surface area contributed by atoms with Crippen molar-refractivity contribution >= 4 is 32.6 Å². The molecule has 1 heterocycles. The van der Waals surface area contributed by atoms with Gasteiger partial charge in [0.05, 0.1) is 4.70 Å². The van der Waals surface area contributed by atoms with Crippen LogP contribution in [0.15, 0.2) is 42.5 Å². The highest BCUT2D eigenvalue weighted by Gasteiger charge is 2.17. The molecule has 1 N–H and O–H groups in total. The summed E-state index contributed by atoms with van der Waals surface area (Å²) in [5.74, 6) is -0.0997. The van der Waals surface area contributed by atoms with E-state index in [1.165, 1.54) is 17.4 Å². The molecule has 23 heavy (non-hydrogen) atoms. The number of thiazole rings is 1. The minimum Gasteiger partial charge on any atom is -0.481 e. The summed E-state index contributed by atoms with van der Waals surface area (Å²) >= 11 is 1.23. The summed E-state index contributed by atoms with van der Waals surface area (Å²) in [7, 11) is 0. The number of carbonyl (C=O) groups excluding carboxylic acids is 1. The smallest absolute Gasteiger partial charge is 0.266 e. The number of nitrogens with one attached hydrogen (secondary N) is 1. The van der Waals surface area contributed by atoms with Crippen LogP contribution in [0.1, 0.15) is 12.5 Å². The van der Waals surface area contributed by atoms with E-state index >= 15 is 0 Å². The number of fused-ring (bicyclic) bond motifs is 1. The number of carbonyl (C=O) groups is 1. The average Bonchev–Trinajstić information content (AvgIpc) is 2.91. The van der Waals surface area contributed by atoms with Crippen LogP contribution >= 0.6 is 11.3 Å². The lowest BCUT2D eigenvalue weighted by atomic mass is 10.2. The van der Waals surface area contributed by atoms with E-state index in [1.54, 1.807) is 25.1 Å². The van der Waals surface area contributed by atoms with E-state index in [2.05, 4.69) is 10.3 Å². The highest BCUT2D eigenvalue weighted by Crippen LogP contribution is 2.27. The lowest BCUT2D eigenvalue weighted by Gasteiger charge is -2.13. The maximum absolute atomic E-state index is 13.6. The molecule has 1 aromatic heterocycles. The number of hydrogen-bond donors (Lipinski definition) is 1.